The molecule has 0 aliphatic heterocycles. The summed E-state index contributed by atoms with van der Waals surface area (Å²) in [6.45, 7) is 2.55. The highest BCUT2D eigenvalue weighted by molar-refractivity contribution is 5.80. The Labute approximate surface area is 116 Å². The number of hydrogen-bond donors (Lipinski definition) is 2. The molecule has 0 bridgehead atoms. The van der Waals surface area contributed by atoms with Crippen molar-refractivity contribution in [1.82, 2.24) is 0 Å². The Hall–Kier alpha value is -2.60. The van der Waals surface area contributed by atoms with E-state index >= 15 is 0 Å². The first-order chi connectivity index (χ1) is 9.69. The maximum Gasteiger partial charge on any atom is 0.317 e. The Morgan fingerprint density at radius 2 is 1.90 bits per heavy atom. The molecule has 0 aliphatic carbocycles. The fourth-order valence-electron chi connectivity index (χ4n) is 2.16. The Bertz CT molecular complexity index is 601. The number of nitrogens with two attached hydrogens (primary N) is 1. The van der Waals surface area contributed by atoms with Crippen LogP contribution in [-0.4, -0.2) is 11.5 Å². The molecule has 20 heavy (non-hydrogen) atoms. The number of nitrogen functional groups attached to an aromatic ring is 1. The maximum atomic E-state index is 11.3. The number of hydrazine groups is 1. The highest BCUT2D eigenvalue weighted by atomic mass is 16.6. The summed E-state index contributed by atoms with van der Waals surface area (Å²) in [7, 11) is 0. The zero-order valence-corrected chi connectivity index (χ0v) is 11.1. The molecule has 2 rings (SSSR count). The van der Waals surface area contributed by atoms with Crippen LogP contribution in [-0.2, 0) is 0 Å². The van der Waals surface area contributed by atoms with Crippen LogP contribution in [0.3, 0.4) is 0 Å². The van der Waals surface area contributed by atoms with Gasteiger partial charge in [-0.2, -0.15) is 0 Å². The summed E-state index contributed by atoms with van der Waals surface area (Å²) in [5.41, 5.74) is 4.05. The van der Waals surface area contributed by atoms with Crippen molar-refractivity contribution in [3.05, 3.63) is 58.6 Å². The van der Waals surface area contributed by atoms with Crippen LogP contribution in [0.4, 0.5) is 22.7 Å². The first-order valence-corrected chi connectivity index (χ1v) is 6.25. The van der Waals surface area contributed by atoms with E-state index in [0.717, 1.165) is 5.69 Å². The molecule has 0 unspecified atom stereocenters. The first kappa shape index (κ1) is 13.8. The molecule has 104 valence electrons. The summed E-state index contributed by atoms with van der Waals surface area (Å²) >= 11 is 0. The lowest BCUT2D eigenvalue weighted by atomic mass is 10.2. The lowest BCUT2D eigenvalue weighted by Crippen LogP contribution is -2.18. The lowest BCUT2D eigenvalue weighted by Gasteiger charge is -2.23. The van der Waals surface area contributed by atoms with Gasteiger partial charge in [0.15, 0.2) is 0 Å². The Balaban J connectivity index is 2.58. The Morgan fingerprint density at radius 3 is 2.45 bits per heavy atom. The van der Waals surface area contributed by atoms with Crippen LogP contribution >= 0.6 is 0 Å². The van der Waals surface area contributed by atoms with Crippen molar-refractivity contribution in [3.63, 3.8) is 0 Å². The molecule has 0 aliphatic rings. The van der Waals surface area contributed by atoms with E-state index in [1.807, 2.05) is 42.2 Å². The largest absolute Gasteiger partial charge is 0.336 e. The van der Waals surface area contributed by atoms with Gasteiger partial charge in [-0.25, -0.2) is 0 Å². The number of nitro groups is 1. The molecule has 0 amide bonds. The van der Waals surface area contributed by atoms with Gasteiger partial charge in [-0.05, 0) is 31.2 Å². The van der Waals surface area contributed by atoms with Crippen LogP contribution in [0.25, 0.3) is 0 Å². The molecule has 0 saturated carbocycles. The number of nitrogens with zero attached hydrogens (tertiary/aromatic N) is 2. The second kappa shape index (κ2) is 6.03. The standard InChI is InChI=1S/C14H16N4O2/c1-2-17(11-7-4-3-5-8-11)13-10-6-9-12(16-15)14(13)18(19)20/h3-10,16H,2,15H2,1H3. The van der Waals surface area contributed by atoms with Crippen molar-refractivity contribution in [1.29, 1.82) is 0 Å². The molecule has 0 aromatic heterocycles. The highest BCUT2D eigenvalue weighted by Gasteiger charge is 2.23. The van der Waals surface area contributed by atoms with Crippen molar-refractivity contribution in [2.24, 2.45) is 5.84 Å². The van der Waals surface area contributed by atoms with E-state index in [1.54, 1.807) is 18.2 Å². The van der Waals surface area contributed by atoms with Crippen LogP contribution in [0.2, 0.25) is 0 Å². The summed E-state index contributed by atoms with van der Waals surface area (Å²) in [5.74, 6) is 5.36. The van der Waals surface area contributed by atoms with Gasteiger partial charge in [0.25, 0.3) is 0 Å². The number of nitro benzene ring substituents is 1. The fourth-order valence-corrected chi connectivity index (χ4v) is 2.16. The number of nitrogens with one attached hydrogen (secondary N) is 1. The quantitative estimate of drug-likeness (QED) is 0.496. The summed E-state index contributed by atoms with van der Waals surface area (Å²) in [5, 5.41) is 11.3. The Kier molecular flexibility index (Phi) is 4.17. The molecule has 2 aromatic carbocycles. The summed E-state index contributed by atoms with van der Waals surface area (Å²) in [6, 6.07) is 14.6. The van der Waals surface area contributed by atoms with Crippen LogP contribution in [0.15, 0.2) is 48.5 Å². The van der Waals surface area contributed by atoms with Crippen molar-refractivity contribution < 1.29 is 4.92 Å². The molecule has 0 radical (unpaired) electrons. The zero-order valence-electron chi connectivity index (χ0n) is 11.1. The van der Waals surface area contributed by atoms with Crippen LogP contribution in [0, 0.1) is 10.1 Å². The minimum Gasteiger partial charge on any atom is -0.336 e. The van der Waals surface area contributed by atoms with E-state index in [2.05, 4.69) is 5.43 Å². The van der Waals surface area contributed by atoms with E-state index in [4.69, 9.17) is 5.84 Å². The van der Waals surface area contributed by atoms with Crippen molar-refractivity contribution in [2.75, 3.05) is 16.9 Å². The van der Waals surface area contributed by atoms with Gasteiger partial charge in [-0.15, -0.1) is 0 Å². The molecule has 0 atom stereocenters. The molecule has 2 aromatic rings. The molecule has 0 spiro atoms. The van der Waals surface area contributed by atoms with Gasteiger partial charge in [0.05, 0.1) is 4.92 Å². The molecular weight excluding hydrogens is 256 g/mol. The second-order valence-electron chi connectivity index (χ2n) is 4.15. The predicted octanol–water partition coefficient (Wildman–Crippen LogP) is 3.04. The topological polar surface area (TPSA) is 84.4 Å². The lowest BCUT2D eigenvalue weighted by molar-refractivity contribution is -0.383. The maximum absolute atomic E-state index is 11.3. The van der Waals surface area contributed by atoms with Gasteiger partial charge >= 0.3 is 5.69 Å². The normalized spacial score (nSPS) is 10.1. The molecule has 6 nitrogen and oxygen atoms in total. The summed E-state index contributed by atoms with van der Waals surface area (Å²) < 4.78 is 0. The molecule has 6 heteroatoms. The average molecular weight is 272 g/mol. The van der Waals surface area contributed by atoms with Gasteiger partial charge in [-0.1, -0.05) is 24.3 Å². The summed E-state index contributed by atoms with van der Waals surface area (Å²) in [4.78, 5) is 12.8. The van der Waals surface area contributed by atoms with Gasteiger partial charge < -0.3 is 10.3 Å². The molecule has 0 fully saturated rings. The molecule has 3 N–H and O–H groups in total. The highest BCUT2D eigenvalue weighted by Crippen LogP contribution is 2.38. The summed E-state index contributed by atoms with van der Waals surface area (Å²) in [6.07, 6.45) is 0. The predicted molar refractivity (Wildman–Crippen MR) is 80.0 cm³/mol. The van der Waals surface area contributed by atoms with Crippen molar-refractivity contribution in [3.8, 4) is 0 Å². The van der Waals surface area contributed by atoms with E-state index in [1.165, 1.54) is 0 Å². The third kappa shape index (κ3) is 2.55. The van der Waals surface area contributed by atoms with Crippen molar-refractivity contribution >= 4 is 22.7 Å². The molecular formula is C14H16N4O2. The number of benzene rings is 2. The van der Waals surface area contributed by atoms with E-state index in [0.29, 0.717) is 17.9 Å². The monoisotopic (exact) mass is 272 g/mol. The fraction of sp³-hybridized carbons (Fsp3) is 0.143. The zero-order chi connectivity index (χ0) is 14.5. The number of anilines is 3. The Morgan fingerprint density at radius 1 is 1.20 bits per heavy atom. The van der Waals surface area contributed by atoms with Gasteiger partial charge in [0, 0.05) is 12.2 Å². The minimum absolute atomic E-state index is 0.0271. The SMILES string of the molecule is CCN(c1ccccc1)c1cccc(NN)c1[N+](=O)[O-]. The first-order valence-electron chi connectivity index (χ1n) is 6.25. The average Bonchev–Trinajstić information content (AvgIpc) is 2.48. The van der Waals surface area contributed by atoms with Crippen molar-refractivity contribution in [2.45, 2.75) is 6.92 Å². The third-order valence-electron chi connectivity index (χ3n) is 3.03. The number of hydrogen-bond acceptors (Lipinski definition) is 5. The number of para-hydroxylation sites is 2. The molecule has 0 heterocycles. The second-order valence-corrected chi connectivity index (χ2v) is 4.15. The third-order valence-corrected chi connectivity index (χ3v) is 3.03. The van der Waals surface area contributed by atoms with E-state index in [9.17, 15) is 10.1 Å². The van der Waals surface area contributed by atoms with E-state index in [-0.39, 0.29) is 5.69 Å². The van der Waals surface area contributed by atoms with Crippen LogP contribution in [0.5, 0.6) is 0 Å². The van der Waals surface area contributed by atoms with Gasteiger partial charge in [0.2, 0.25) is 0 Å². The van der Waals surface area contributed by atoms with Gasteiger partial charge in [-0.3, -0.25) is 16.0 Å². The van der Waals surface area contributed by atoms with E-state index < -0.39 is 4.92 Å². The molecule has 0 saturated heterocycles. The smallest absolute Gasteiger partial charge is 0.317 e. The number of rotatable bonds is 5. The van der Waals surface area contributed by atoms with Crippen LogP contribution < -0.4 is 16.2 Å². The van der Waals surface area contributed by atoms with Gasteiger partial charge in [0.1, 0.15) is 11.4 Å². The van der Waals surface area contributed by atoms with Crippen LogP contribution in [0.1, 0.15) is 6.92 Å². The minimum atomic E-state index is -0.421.